The van der Waals surface area contributed by atoms with Crippen LogP contribution in [0.1, 0.15) is 30.7 Å². The number of nitrogens with zero attached hydrogens (tertiary/aromatic N) is 1. The molecule has 1 heterocycles. The Morgan fingerprint density at radius 3 is 2.73 bits per heavy atom. The average Bonchev–Trinajstić information content (AvgIpc) is 3.27. The summed E-state index contributed by atoms with van der Waals surface area (Å²) in [6.45, 7) is 0.779. The molecule has 6 heteroatoms. The molecule has 118 valence electrons. The molecule has 3 rings (SSSR count). The summed E-state index contributed by atoms with van der Waals surface area (Å²) in [5.41, 5.74) is 0.367. The molecule has 1 amide bonds. The lowest BCUT2D eigenvalue weighted by molar-refractivity contribution is -0.146. The molecule has 1 saturated carbocycles. The first-order chi connectivity index (χ1) is 10.5. The lowest BCUT2D eigenvalue weighted by atomic mass is 9.97. The van der Waals surface area contributed by atoms with Crippen LogP contribution in [0.2, 0.25) is 0 Å². The largest absolute Gasteiger partial charge is 0.481 e. The fourth-order valence-electron chi connectivity index (χ4n) is 3.23. The highest BCUT2D eigenvalue weighted by atomic mass is 19.1. The Hall–Kier alpha value is -1.98. The Morgan fingerprint density at radius 1 is 1.27 bits per heavy atom. The van der Waals surface area contributed by atoms with Crippen molar-refractivity contribution in [3.8, 4) is 0 Å². The molecule has 2 fully saturated rings. The van der Waals surface area contributed by atoms with Crippen molar-refractivity contribution in [1.29, 1.82) is 0 Å². The number of carbonyl (C=O) groups is 2. The van der Waals surface area contributed by atoms with Gasteiger partial charge in [-0.25, -0.2) is 8.78 Å². The van der Waals surface area contributed by atoms with Gasteiger partial charge in [-0.3, -0.25) is 9.59 Å². The number of halogens is 2. The number of aliphatic carboxylic acids is 1. The van der Waals surface area contributed by atoms with Gasteiger partial charge in [0.05, 0.1) is 5.92 Å². The molecule has 1 N–H and O–H groups in total. The molecule has 2 aliphatic rings. The molecule has 3 atom stereocenters. The molecule has 1 aliphatic heterocycles. The summed E-state index contributed by atoms with van der Waals surface area (Å²) >= 11 is 0. The third-order valence-corrected chi connectivity index (χ3v) is 4.55. The van der Waals surface area contributed by atoms with Gasteiger partial charge >= 0.3 is 5.97 Å². The van der Waals surface area contributed by atoms with E-state index < -0.39 is 23.5 Å². The van der Waals surface area contributed by atoms with Crippen LogP contribution in [0.25, 0.3) is 0 Å². The quantitative estimate of drug-likeness (QED) is 0.932. The third-order valence-electron chi connectivity index (χ3n) is 4.55. The van der Waals surface area contributed by atoms with Crippen molar-refractivity contribution in [2.45, 2.75) is 25.2 Å². The lowest BCUT2D eigenvalue weighted by Crippen LogP contribution is -2.43. The minimum absolute atomic E-state index is 0.111. The number of carboxylic acid groups (broad SMARTS) is 1. The van der Waals surface area contributed by atoms with Crippen LogP contribution in [0.3, 0.4) is 0 Å². The van der Waals surface area contributed by atoms with Crippen LogP contribution in [0.4, 0.5) is 8.78 Å². The van der Waals surface area contributed by atoms with Gasteiger partial charge in [-0.15, -0.1) is 0 Å². The van der Waals surface area contributed by atoms with Gasteiger partial charge in [0.1, 0.15) is 11.6 Å². The summed E-state index contributed by atoms with van der Waals surface area (Å²) in [5, 5.41) is 9.06. The zero-order valence-corrected chi connectivity index (χ0v) is 12.0. The zero-order valence-electron chi connectivity index (χ0n) is 12.0. The Labute approximate surface area is 126 Å². The zero-order chi connectivity index (χ0) is 15.9. The van der Waals surface area contributed by atoms with Crippen LogP contribution in [-0.2, 0) is 9.59 Å². The van der Waals surface area contributed by atoms with E-state index in [0.717, 1.165) is 6.07 Å². The van der Waals surface area contributed by atoms with Crippen molar-refractivity contribution in [2.75, 3.05) is 13.1 Å². The van der Waals surface area contributed by atoms with E-state index in [9.17, 15) is 18.4 Å². The minimum Gasteiger partial charge on any atom is -0.481 e. The van der Waals surface area contributed by atoms with Crippen LogP contribution in [-0.4, -0.2) is 35.0 Å². The number of carbonyl (C=O) groups excluding carboxylic acids is 1. The van der Waals surface area contributed by atoms with E-state index in [0.29, 0.717) is 31.4 Å². The van der Waals surface area contributed by atoms with Crippen LogP contribution in [0.5, 0.6) is 0 Å². The smallest absolute Gasteiger partial charge is 0.308 e. The number of amides is 1. The molecule has 1 saturated heterocycles. The summed E-state index contributed by atoms with van der Waals surface area (Å²) in [4.78, 5) is 25.1. The van der Waals surface area contributed by atoms with E-state index in [1.807, 2.05) is 0 Å². The fourth-order valence-corrected chi connectivity index (χ4v) is 3.23. The molecule has 0 spiro atoms. The van der Waals surface area contributed by atoms with Gasteiger partial charge in [0.25, 0.3) is 0 Å². The average molecular weight is 309 g/mol. The predicted octanol–water partition coefficient (Wildman–Crippen LogP) is 2.39. The van der Waals surface area contributed by atoms with E-state index in [2.05, 4.69) is 0 Å². The number of benzene rings is 1. The number of piperidine rings is 1. The monoisotopic (exact) mass is 309 g/mol. The van der Waals surface area contributed by atoms with E-state index >= 15 is 0 Å². The highest BCUT2D eigenvalue weighted by Crippen LogP contribution is 2.49. The molecule has 0 aromatic heterocycles. The Kier molecular flexibility index (Phi) is 3.85. The van der Waals surface area contributed by atoms with Gasteiger partial charge in [-0.1, -0.05) is 6.07 Å². The van der Waals surface area contributed by atoms with Crippen molar-refractivity contribution in [1.82, 2.24) is 4.90 Å². The lowest BCUT2D eigenvalue weighted by Gasteiger charge is -2.31. The molecular weight excluding hydrogens is 292 g/mol. The van der Waals surface area contributed by atoms with Crippen molar-refractivity contribution in [3.05, 3.63) is 35.4 Å². The van der Waals surface area contributed by atoms with Crippen LogP contribution in [0.15, 0.2) is 18.2 Å². The molecule has 0 radical (unpaired) electrons. The first-order valence-electron chi connectivity index (χ1n) is 7.44. The number of rotatable bonds is 3. The molecule has 4 nitrogen and oxygen atoms in total. The van der Waals surface area contributed by atoms with Gasteiger partial charge in [-0.2, -0.15) is 0 Å². The standard InChI is InChI=1S/C16H17F2NO3/c17-10-3-4-11(14(18)6-10)12-7-13(12)15(20)19-5-1-2-9(8-19)16(21)22/h3-4,6,9,12-13H,1-2,5,7-8H2,(H,21,22). The summed E-state index contributed by atoms with van der Waals surface area (Å²) in [6.07, 6.45) is 1.79. The summed E-state index contributed by atoms with van der Waals surface area (Å²) in [5.74, 6) is -3.30. The topological polar surface area (TPSA) is 57.6 Å². The van der Waals surface area contributed by atoms with Gasteiger partial charge in [0, 0.05) is 25.1 Å². The number of likely N-dealkylation sites (tertiary alicyclic amines) is 1. The number of hydrogen-bond acceptors (Lipinski definition) is 2. The third kappa shape index (κ3) is 2.82. The van der Waals surface area contributed by atoms with Gasteiger partial charge in [-0.05, 0) is 36.8 Å². The highest BCUT2D eigenvalue weighted by molar-refractivity contribution is 5.84. The SMILES string of the molecule is O=C(O)C1CCCN(C(=O)C2CC2c2ccc(F)cc2F)C1. The molecule has 0 bridgehead atoms. The van der Waals surface area contributed by atoms with Gasteiger partial charge < -0.3 is 10.0 Å². The molecule has 3 unspecified atom stereocenters. The van der Waals surface area contributed by atoms with E-state index in [4.69, 9.17) is 5.11 Å². The molecule has 1 aromatic carbocycles. The van der Waals surface area contributed by atoms with E-state index in [1.165, 1.54) is 12.1 Å². The second-order valence-electron chi connectivity index (χ2n) is 6.08. The highest BCUT2D eigenvalue weighted by Gasteiger charge is 2.47. The van der Waals surface area contributed by atoms with Crippen molar-refractivity contribution >= 4 is 11.9 Å². The molecule has 22 heavy (non-hydrogen) atoms. The van der Waals surface area contributed by atoms with E-state index in [1.54, 1.807) is 4.90 Å². The summed E-state index contributed by atoms with van der Waals surface area (Å²) in [7, 11) is 0. The Bertz CT molecular complexity index is 619. The fraction of sp³-hybridized carbons (Fsp3) is 0.500. The number of hydrogen-bond donors (Lipinski definition) is 1. The second kappa shape index (κ2) is 5.66. The first-order valence-corrected chi connectivity index (χ1v) is 7.44. The Morgan fingerprint density at radius 2 is 2.05 bits per heavy atom. The maximum Gasteiger partial charge on any atom is 0.308 e. The van der Waals surface area contributed by atoms with E-state index in [-0.39, 0.29) is 24.3 Å². The predicted molar refractivity (Wildman–Crippen MR) is 74.1 cm³/mol. The summed E-state index contributed by atoms with van der Waals surface area (Å²) < 4.78 is 26.7. The van der Waals surface area contributed by atoms with Crippen LogP contribution < -0.4 is 0 Å². The van der Waals surface area contributed by atoms with Crippen LogP contribution in [0, 0.1) is 23.5 Å². The van der Waals surface area contributed by atoms with Crippen molar-refractivity contribution < 1.29 is 23.5 Å². The minimum atomic E-state index is -0.880. The maximum atomic E-state index is 13.7. The normalized spacial score (nSPS) is 27.5. The van der Waals surface area contributed by atoms with Crippen molar-refractivity contribution in [3.63, 3.8) is 0 Å². The molecule has 1 aromatic rings. The maximum absolute atomic E-state index is 13.7. The van der Waals surface area contributed by atoms with Gasteiger partial charge in [0.15, 0.2) is 0 Å². The number of carboxylic acids is 1. The van der Waals surface area contributed by atoms with Crippen molar-refractivity contribution in [2.24, 2.45) is 11.8 Å². The summed E-state index contributed by atoms with van der Waals surface area (Å²) in [6, 6.07) is 3.41. The molecule has 1 aliphatic carbocycles. The van der Waals surface area contributed by atoms with Gasteiger partial charge in [0.2, 0.25) is 5.91 Å². The Balaban J connectivity index is 1.66. The first kappa shape index (κ1) is 14.9. The second-order valence-corrected chi connectivity index (χ2v) is 6.08. The molecular formula is C16H17F2NO3. The van der Waals surface area contributed by atoms with Crippen LogP contribution >= 0.6 is 0 Å².